The number of hydrogen-bond acceptors (Lipinski definition) is 3. The maximum atomic E-state index is 11.1. The van der Waals surface area contributed by atoms with E-state index >= 15 is 0 Å². The molecule has 1 rings (SSSR count). The van der Waals surface area contributed by atoms with Crippen molar-refractivity contribution in [3.05, 3.63) is 24.0 Å². The van der Waals surface area contributed by atoms with Crippen LogP contribution in [0.25, 0.3) is 0 Å². The van der Waals surface area contributed by atoms with Gasteiger partial charge in [-0.1, -0.05) is 0 Å². The first kappa shape index (κ1) is 8.52. The molecule has 1 aromatic heterocycles. The van der Waals surface area contributed by atoms with Crippen molar-refractivity contribution >= 4 is 5.91 Å². The van der Waals surface area contributed by atoms with Crippen molar-refractivity contribution in [3.8, 4) is 5.75 Å². The molecule has 0 radical (unpaired) electrons. The number of nitrogens with zero attached hydrogens (tertiary/aromatic N) is 1. The Morgan fingerprint density at radius 2 is 2.50 bits per heavy atom. The fourth-order valence-corrected chi connectivity index (χ4v) is 0.816. The topological polar surface area (TPSA) is 62.2 Å². The predicted octanol–water partition coefficient (Wildman–Crippen LogP) is 0.537. The van der Waals surface area contributed by atoms with E-state index in [1.165, 1.54) is 12.3 Å². The van der Waals surface area contributed by atoms with Gasteiger partial charge in [0.1, 0.15) is 5.75 Å². The molecule has 0 unspecified atom stereocenters. The molecule has 0 aliphatic rings. The van der Waals surface area contributed by atoms with Gasteiger partial charge in [-0.3, -0.25) is 4.79 Å². The first-order chi connectivity index (χ1) is 5.75. The number of aromatic nitrogens is 1. The largest absolute Gasteiger partial charge is 0.505 e. The molecule has 0 fully saturated rings. The summed E-state index contributed by atoms with van der Waals surface area (Å²) in [4.78, 5) is 14.9. The van der Waals surface area contributed by atoms with Crippen LogP contribution in [0.5, 0.6) is 5.75 Å². The third-order valence-corrected chi connectivity index (χ3v) is 1.34. The number of aromatic hydroxyl groups is 1. The average Bonchev–Trinajstić information content (AvgIpc) is 2.05. The Balaban J connectivity index is 2.87. The summed E-state index contributed by atoms with van der Waals surface area (Å²) in [7, 11) is 0. The van der Waals surface area contributed by atoms with Gasteiger partial charge in [0.15, 0.2) is 5.69 Å². The van der Waals surface area contributed by atoms with Crippen molar-refractivity contribution in [2.75, 3.05) is 6.54 Å². The number of pyridine rings is 1. The van der Waals surface area contributed by atoms with Gasteiger partial charge >= 0.3 is 0 Å². The molecule has 0 aromatic carbocycles. The minimum Gasteiger partial charge on any atom is -0.505 e. The summed E-state index contributed by atoms with van der Waals surface area (Å²) in [6, 6.07) is 3.00. The van der Waals surface area contributed by atoms with Gasteiger partial charge in [-0.15, -0.1) is 0 Å². The minimum absolute atomic E-state index is 0.0688. The van der Waals surface area contributed by atoms with E-state index in [9.17, 15) is 9.90 Å². The molecule has 4 nitrogen and oxygen atoms in total. The van der Waals surface area contributed by atoms with Gasteiger partial charge in [0, 0.05) is 12.7 Å². The second kappa shape index (κ2) is 3.71. The van der Waals surface area contributed by atoms with Crippen LogP contribution in [0.2, 0.25) is 0 Å². The molecule has 2 N–H and O–H groups in total. The van der Waals surface area contributed by atoms with E-state index in [1.54, 1.807) is 13.0 Å². The van der Waals surface area contributed by atoms with Crippen molar-refractivity contribution in [1.29, 1.82) is 0 Å². The molecule has 1 amide bonds. The highest BCUT2D eigenvalue weighted by Gasteiger charge is 2.09. The van der Waals surface area contributed by atoms with Crippen molar-refractivity contribution in [3.63, 3.8) is 0 Å². The van der Waals surface area contributed by atoms with Gasteiger partial charge in [0.2, 0.25) is 0 Å². The van der Waals surface area contributed by atoms with Gasteiger partial charge in [0.05, 0.1) is 0 Å². The molecule has 1 aromatic rings. The number of rotatable bonds is 2. The van der Waals surface area contributed by atoms with Gasteiger partial charge < -0.3 is 10.4 Å². The number of nitrogens with one attached hydrogen (secondary N) is 1. The zero-order valence-corrected chi connectivity index (χ0v) is 6.74. The van der Waals surface area contributed by atoms with Gasteiger partial charge in [0.25, 0.3) is 5.91 Å². The normalized spacial score (nSPS) is 9.42. The summed E-state index contributed by atoms with van der Waals surface area (Å²) in [6.07, 6.45) is 1.46. The Hall–Kier alpha value is -1.58. The monoisotopic (exact) mass is 166 g/mol. The Kier molecular flexibility index (Phi) is 2.63. The maximum absolute atomic E-state index is 11.1. The molecule has 1 heterocycles. The smallest absolute Gasteiger partial charge is 0.273 e. The van der Waals surface area contributed by atoms with Crippen molar-refractivity contribution in [1.82, 2.24) is 10.3 Å². The molecular formula is C8H10N2O2. The SMILES string of the molecule is CCNC(=O)c1ncccc1O. The molecule has 12 heavy (non-hydrogen) atoms. The summed E-state index contributed by atoms with van der Waals surface area (Å²) in [5.74, 6) is -0.445. The summed E-state index contributed by atoms with van der Waals surface area (Å²) in [5, 5.41) is 11.7. The molecule has 0 atom stereocenters. The molecule has 4 heteroatoms. The van der Waals surface area contributed by atoms with Crippen LogP contribution in [0.15, 0.2) is 18.3 Å². The first-order valence-corrected chi connectivity index (χ1v) is 3.68. The van der Waals surface area contributed by atoms with E-state index in [0.717, 1.165) is 0 Å². The average molecular weight is 166 g/mol. The molecule has 0 spiro atoms. The highest BCUT2D eigenvalue weighted by Crippen LogP contribution is 2.11. The van der Waals surface area contributed by atoms with E-state index in [1.807, 2.05) is 0 Å². The second-order valence-corrected chi connectivity index (χ2v) is 2.23. The molecule has 0 bridgehead atoms. The van der Waals surface area contributed by atoms with Crippen LogP contribution in [-0.4, -0.2) is 22.5 Å². The van der Waals surface area contributed by atoms with Gasteiger partial charge in [-0.05, 0) is 19.1 Å². The maximum Gasteiger partial charge on any atom is 0.273 e. The molecule has 0 saturated carbocycles. The van der Waals surface area contributed by atoms with Crippen LogP contribution < -0.4 is 5.32 Å². The van der Waals surface area contributed by atoms with Crippen LogP contribution in [-0.2, 0) is 0 Å². The third-order valence-electron chi connectivity index (χ3n) is 1.34. The number of carbonyl (C=O) groups is 1. The van der Waals surface area contributed by atoms with E-state index in [-0.39, 0.29) is 17.4 Å². The van der Waals surface area contributed by atoms with Crippen LogP contribution >= 0.6 is 0 Å². The quantitative estimate of drug-likeness (QED) is 0.674. The minimum atomic E-state index is -0.351. The highest BCUT2D eigenvalue weighted by atomic mass is 16.3. The molecule has 64 valence electrons. The van der Waals surface area contributed by atoms with Crippen molar-refractivity contribution < 1.29 is 9.90 Å². The Morgan fingerprint density at radius 3 is 3.08 bits per heavy atom. The lowest BCUT2D eigenvalue weighted by Crippen LogP contribution is -2.23. The molecule has 0 aliphatic carbocycles. The fraction of sp³-hybridized carbons (Fsp3) is 0.250. The summed E-state index contributed by atoms with van der Waals surface area (Å²) in [6.45, 7) is 2.33. The van der Waals surface area contributed by atoms with Gasteiger partial charge in [-0.2, -0.15) is 0 Å². The molecule has 0 saturated heterocycles. The third kappa shape index (κ3) is 1.72. The van der Waals surface area contributed by atoms with Crippen LogP contribution in [0.1, 0.15) is 17.4 Å². The van der Waals surface area contributed by atoms with Gasteiger partial charge in [-0.25, -0.2) is 4.98 Å². The summed E-state index contributed by atoms with van der Waals surface area (Å²) in [5.41, 5.74) is 0.0688. The van der Waals surface area contributed by atoms with Crippen LogP contribution in [0.4, 0.5) is 0 Å². The van der Waals surface area contributed by atoms with E-state index in [4.69, 9.17) is 0 Å². The van der Waals surface area contributed by atoms with Crippen LogP contribution in [0.3, 0.4) is 0 Å². The van der Waals surface area contributed by atoms with Crippen LogP contribution in [0, 0.1) is 0 Å². The highest BCUT2D eigenvalue weighted by molar-refractivity contribution is 5.94. The van der Waals surface area contributed by atoms with E-state index in [2.05, 4.69) is 10.3 Å². The Bertz CT molecular complexity index is 286. The number of amides is 1. The summed E-state index contributed by atoms with van der Waals surface area (Å²) < 4.78 is 0. The summed E-state index contributed by atoms with van der Waals surface area (Å²) >= 11 is 0. The van der Waals surface area contributed by atoms with Crippen molar-refractivity contribution in [2.24, 2.45) is 0 Å². The lowest BCUT2D eigenvalue weighted by atomic mass is 10.3. The standard InChI is InChI=1S/C8H10N2O2/c1-2-9-8(12)7-6(11)4-3-5-10-7/h3-5,11H,2H2,1H3,(H,9,12). The second-order valence-electron chi connectivity index (χ2n) is 2.23. The number of hydrogen-bond donors (Lipinski definition) is 2. The van der Waals surface area contributed by atoms with Crippen molar-refractivity contribution in [2.45, 2.75) is 6.92 Å². The predicted molar refractivity (Wildman–Crippen MR) is 43.9 cm³/mol. The zero-order valence-electron chi connectivity index (χ0n) is 6.74. The molecule has 0 aliphatic heterocycles. The lowest BCUT2D eigenvalue weighted by molar-refractivity contribution is 0.0948. The zero-order chi connectivity index (χ0) is 8.97. The lowest BCUT2D eigenvalue weighted by Gasteiger charge is -2.01. The molecular weight excluding hydrogens is 156 g/mol. The first-order valence-electron chi connectivity index (χ1n) is 3.68. The van der Waals surface area contributed by atoms with E-state index in [0.29, 0.717) is 6.54 Å². The Labute approximate surface area is 70.3 Å². The van der Waals surface area contributed by atoms with E-state index < -0.39 is 0 Å². The Morgan fingerprint density at radius 1 is 1.75 bits per heavy atom. The fourth-order valence-electron chi connectivity index (χ4n) is 0.816. The number of carbonyl (C=O) groups excluding carboxylic acids is 1.